The normalized spacial score (nSPS) is 19.4. The Morgan fingerprint density at radius 3 is 2.94 bits per heavy atom. The molecule has 6 heteroatoms. The SMILES string of the molecule is CCc1nc(NN)c(C)c(OC2CCOC2)n1. The Morgan fingerprint density at radius 2 is 2.35 bits per heavy atom. The standard InChI is InChI=1S/C11H18N4O2/c1-3-9-13-10(15-12)7(2)11(14-9)17-8-4-5-16-6-8/h8H,3-6,12H2,1-2H3,(H,13,14,15). The van der Waals surface area contributed by atoms with Crippen LogP contribution in [0.25, 0.3) is 0 Å². The molecule has 1 aliphatic heterocycles. The molecule has 94 valence electrons. The maximum atomic E-state index is 5.82. The first-order chi connectivity index (χ1) is 8.24. The van der Waals surface area contributed by atoms with E-state index in [1.54, 1.807) is 0 Å². The molecule has 0 spiro atoms. The number of hydrazine groups is 1. The van der Waals surface area contributed by atoms with E-state index in [9.17, 15) is 0 Å². The van der Waals surface area contributed by atoms with E-state index in [0.717, 1.165) is 30.8 Å². The zero-order valence-corrected chi connectivity index (χ0v) is 10.2. The fraction of sp³-hybridized carbons (Fsp3) is 0.636. The molecule has 2 heterocycles. The van der Waals surface area contributed by atoms with Crippen molar-refractivity contribution >= 4 is 5.82 Å². The zero-order valence-electron chi connectivity index (χ0n) is 10.2. The van der Waals surface area contributed by atoms with Crippen molar-refractivity contribution in [3.63, 3.8) is 0 Å². The Morgan fingerprint density at radius 1 is 1.53 bits per heavy atom. The minimum atomic E-state index is 0.0823. The highest BCUT2D eigenvalue weighted by atomic mass is 16.5. The third-order valence-corrected chi connectivity index (χ3v) is 2.77. The summed E-state index contributed by atoms with van der Waals surface area (Å²) in [7, 11) is 0. The molecule has 1 aromatic heterocycles. The van der Waals surface area contributed by atoms with Gasteiger partial charge in [-0.15, -0.1) is 0 Å². The molecule has 2 rings (SSSR count). The van der Waals surface area contributed by atoms with Crippen LogP contribution in [0.5, 0.6) is 5.88 Å². The number of rotatable bonds is 4. The maximum Gasteiger partial charge on any atom is 0.222 e. The van der Waals surface area contributed by atoms with Crippen LogP contribution in [0, 0.1) is 6.92 Å². The van der Waals surface area contributed by atoms with Gasteiger partial charge in [0.25, 0.3) is 0 Å². The van der Waals surface area contributed by atoms with Crippen LogP contribution in [-0.4, -0.2) is 29.3 Å². The van der Waals surface area contributed by atoms with Gasteiger partial charge >= 0.3 is 0 Å². The molecular weight excluding hydrogens is 220 g/mol. The van der Waals surface area contributed by atoms with Gasteiger partial charge in [-0.2, -0.15) is 4.98 Å². The summed E-state index contributed by atoms with van der Waals surface area (Å²) in [6, 6.07) is 0. The Hall–Kier alpha value is -1.40. The third kappa shape index (κ3) is 2.65. The number of nitrogen functional groups attached to an aromatic ring is 1. The Balaban J connectivity index is 2.24. The third-order valence-electron chi connectivity index (χ3n) is 2.77. The molecule has 0 saturated carbocycles. The average molecular weight is 238 g/mol. The van der Waals surface area contributed by atoms with Crippen molar-refractivity contribution in [2.75, 3.05) is 18.6 Å². The highest BCUT2D eigenvalue weighted by Crippen LogP contribution is 2.24. The summed E-state index contributed by atoms with van der Waals surface area (Å²) in [4.78, 5) is 8.66. The molecule has 1 aromatic rings. The minimum Gasteiger partial charge on any atom is -0.471 e. The minimum absolute atomic E-state index is 0.0823. The molecule has 1 unspecified atom stereocenters. The summed E-state index contributed by atoms with van der Waals surface area (Å²) in [5.74, 6) is 7.36. The van der Waals surface area contributed by atoms with E-state index in [4.69, 9.17) is 15.3 Å². The highest BCUT2D eigenvalue weighted by molar-refractivity contribution is 5.47. The first-order valence-corrected chi connectivity index (χ1v) is 5.83. The molecule has 3 N–H and O–H groups in total. The average Bonchev–Trinajstić information content (AvgIpc) is 2.84. The van der Waals surface area contributed by atoms with Crippen LogP contribution in [0.1, 0.15) is 24.7 Å². The van der Waals surface area contributed by atoms with Crippen LogP contribution < -0.4 is 16.0 Å². The number of nitrogens with one attached hydrogen (secondary N) is 1. The molecule has 0 bridgehead atoms. The van der Waals surface area contributed by atoms with Crippen molar-refractivity contribution in [2.45, 2.75) is 32.8 Å². The van der Waals surface area contributed by atoms with Gasteiger partial charge in [0.1, 0.15) is 17.7 Å². The second-order valence-corrected chi connectivity index (χ2v) is 4.02. The first kappa shape index (κ1) is 12.1. The van der Waals surface area contributed by atoms with E-state index in [1.807, 2.05) is 13.8 Å². The van der Waals surface area contributed by atoms with Gasteiger partial charge in [-0.25, -0.2) is 10.8 Å². The predicted octanol–water partition coefficient (Wildman–Crippen LogP) is 0.801. The summed E-state index contributed by atoms with van der Waals surface area (Å²) in [6.45, 7) is 5.25. The second-order valence-electron chi connectivity index (χ2n) is 4.02. The van der Waals surface area contributed by atoms with Crippen molar-refractivity contribution in [1.29, 1.82) is 0 Å². The molecule has 0 aromatic carbocycles. The lowest BCUT2D eigenvalue weighted by atomic mass is 10.3. The smallest absolute Gasteiger partial charge is 0.222 e. The number of ether oxygens (including phenoxy) is 2. The van der Waals surface area contributed by atoms with Gasteiger partial charge < -0.3 is 14.9 Å². The molecule has 1 aliphatic rings. The van der Waals surface area contributed by atoms with Crippen LogP contribution in [0.2, 0.25) is 0 Å². The monoisotopic (exact) mass is 238 g/mol. The first-order valence-electron chi connectivity index (χ1n) is 5.83. The fourth-order valence-corrected chi connectivity index (χ4v) is 1.72. The number of anilines is 1. The molecule has 6 nitrogen and oxygen atoms in total. The van der Waals surface area contributed by atoms with E-state index < -0.39 is 0 Å². The lowest BCUT2D eigenvalue weighted by molar-refractivity contribution is 0.137. The van der Waals surface area contributed by atoms with Crippen LogP contribution in [-0.2, 0) is 11.2 Å². The number of nitrogens with zero attached hydrogens (tertiary/aromatic N) is 2. The van der Waals surface area contributed by atoms with Gasteiger partial charge in [0.05, 0.1) is 18.8 Å². The van der Waals surface area contributed by atoms with Crippen LogP contribution in [0.3, 0.4) is 0 Å². The van der Waals surface area contributed by atoms with Crippen molar-refractivity contribution in [3.8, 4) is 5.88 Å². The Bertz CT molecular complexity index is 391. The maximum absolute atomic E-state index is 5.82. The van der Waals surface area contributed by atoms with Gasteiger partial charge in [0.15, 0.2) is 0 Å². The van der Waals surface area contributed by atoms with Gasteiger partial charge in [-0.3, -0.25) is 0 Å². The highest BCUT2D eigenvalue weighted by Gasteiger charge is 2.20. The fourth-order valence-electron chi connectivity index (χ4n) is 1.72. The van der Waals surface area contributed by atoms with Gasteiger partial charge in [-0.1, -0.05) is 6.92 Å². The molecule has 1 fully saturated rings. The molecular formula is C11H18N4O2. The van der Waals surface area contributed by atoms with E-state index in [1.165, 1.54) is 0 Å². The molecule has 0 radical (unpaired) electrons. The van der Waals surface area contributed by atoms with E-state index in [2.05, 4.69) is 15.4 Å². The summed E-state index contributed by atoms with van der Waals surface area (Å²) in [5, 5.41) is 0. The van der Waals surface area contributed by atoms with Gasteiger partial charge in [0, 0.05) is 12.8 Å². The van der Waals surface area contributed by atoms with Gasteiger partial charge in [0.2, 0.25) is 5.88 Å². The van der Waals surface area contributed by atoms with E-state index >= 15 is 0 Å². The van der Waals surface area contributed by atoms with Crippen LogP contribution in [0.15, 0.2) is 0 Å². The number of hydrogen-bond acceptors (Lipinski definition) is 6. The van der Waals surface area contributed by atoms with Crippen molar-refractivity contribution in [1.82, 2.24) is 9.97 Å². The topological polar surface area (TPSA) is 82.3 Å². The zero-order chi connectivity index (χ0) is 12.3. The predicted molar refractivity (Wildman–Crippen MR) is 63.8 cm³/mol. The molecule has 1 atom stereocenters. The number of hydrogen-bond donors (Lipinski definition) is 2. The largest absolute Gasteiger partial charge is 0.471 e. The Kier molecular flexibility index (Phi) is 3.75. The quantitative estimate of drug-likeness (QED) is 0.596. The van der Waals surface area contributed by atoms with Crippen molar-refractivity contribution in [2.24, 2.45) is 5.84 Å². The van der Waals surface area contributed by atoms with Crippen LogP contribution in [0.4, 0.5) is 5.82 Å². The van der Waals surface area contributed by atoms with Crippen molar-refractivity contribution in [3.05, 3.63) is 11.4 Å². The Labute approximate surface area is 101 Å². The summed E-state index contributed by atoms with van der Waals surface area (Å²) in [5.41, 5.74) is 3.40. The lowest BCUT2D eigenvalue weighted by Crippen LogP contribution is -2.19. The number of aromatic nitrogens is 2. The molecule has 0 aliphatic carbocycles. The summed E-state index contributed by atoms with van der Waals surface area (Å²) >= 11 is 0. The van der Waals surface area contributed by atoms with Crippen molar-refractivity contribution < 1.29 is 9.47 Å². The number of aryl methyl sites for hydroxylation is 1. The molecule has 17 heavy (non-hydrogen) atoms. The second kappa shape index (κ2) is 5.29. The van der Waals surface area contributed by atoms with E-state index in [-0.39, 0.29) is 6.10 Å². The molecule has 1 saturated heterocycles. The molecule has 0 amide bonds. The van der Waals surface area contributed by atoms with Crippen LogP contribution >= 0.6 is 0 Å². The summed E-state index contributed by atoms with van der Waals surface area (Å²) in [6.07, 6.45) is 1.72. The lowest BCUT2D eigenvalue weighted by Gasteiger charge is -2.15. The van der Waals surface area contributed by atoms with Gasteiger partial charge in [-0.05, 0) is 6.92 Å². The van der Waals surface area contributed by atoms with E-state index in [0.29, 0.717) is 18.3 Å². The number of nitrogens with two attached hydrogens (primary N) is 1. The summed E-state index contributed by atoms with van der Waals surface area (Å²) < 4.78 is 11.1.